The first-order chi connectivity index (χ1) is 14.1. The van der Waals surface area contributed by atoms with Crippen molar-refractivity contribution in [2.24, 2.45) is 0 Å². The largest absolute Gasteiger partial charge is 0.422 e. The number of anilines is 1. The molecule has 0 aliphatic carbocycles. The van der Waals surface area contributed by atoms with Crippen LogP contribution in [0.3, 0.4) is 0 Å². The van der Waals surface area contributed by atoms with Crippen molar-refractivity contribution in [3.63, 3.8) is 0 Å². The van der Waals surface area contributed by atoms with Crippen LogP contribution in [0.5, 0.6) is 0 Å². The van der Waals surface area contributed by atoms with Crippen LogP contribution >= 0.6 is 11.3 Å². The molecular weight excluding hydrogens is 388 g/mol. The van der Waals surface area contributed by atoms with Crippen molar-refractivity contribution in [1.29, 1.82) is 0 Å². The predicted molar refractivity (Wildman–Crippen MR) is 111 cm³/mol. The third-order valence-electron chi connectivity index (χ3n) is 4.56. The van der Waals surface area contributed by atoms with Crippen molar-refractivity contribution in [3.05, 3.63) is 81.9 Å². The molecule has 0 bridgehead atoms. The van der Waals surface area contributed by atoms with Gasteiger partial charge in [-0.1, -0.05) is 24.3 Å². The van der Waals surface area contributed by atoms with Crippen LogP contribution < -0.4 is 10.9 Å². The minimum atomic E-state index is -0.468. The van der Waals surface area contributed by atoms with Gasteiger partial charge in [0.05, 0.1) is 17.0 Å². The molecule has 1 aromatic carbocycles. The highest BCUT2D eigenvalue weighted by Gasteiger charge is 2.18. The lowest BCUT2D eigenvalue weighted by Gasteiger charge is -2.03. The molecule has 0 aliphatic heterocycles. The molecule has 1 amide bonds. The number of benzene rings is 1. The summed E-state index contributed by atoms with van der Waals surface area (Å²) in [5.74, 6) is -0.312. The van der Waals surface area contributed by atoms with Crippen molar-refractivity contribution in [2.75, 3.05) is 5.32 Å². The molecule has 1 N–H and O–H groups in total. The monoisotopic (exact) mass is 402 g/mol. The van der Waals surface area contributed by atoms with Crippen LogP contribution in [0.1, 0.15) is 16.2 Å². The number of carbonyl (C=O) groups is 1. The second kappa shape index (κ2) is 6.68. The Morgan fingerprint density at radius 2 is 1.97 bits per heavy atom. The van der Waals surface area contributed by atoms with Crippen LogP contribution in [-0.4, -0.2) is 20.3 Å². The van der Waals surface area contributed by atoms with Crippen molar-refractivity contribution in [1.82, 2.24) is 14.4 Å². The van der Waals surface area contributed by atoms with Crippen LogP contribution in [0.25, 0.3) is 27.9 Å². The summed E-state index contributed by atoms with van der Waals surface area (Å²) in [6.07, 6.45) is 1.79. The van der Waals surface area contributed by atoms with Crippen molar-refractivity contribution in [2.45, 2.75) is 6.92 Å². The molecule has 0 aliphatic rings. The normalized spacial score (nSPS) is 11.2. The quantitative estimate of drug-likeness (QED) is 0.459. The number of nitrogens with zero attached hydrogens (tertiary/aromatic N) is 3. The van der Waals surface area contributed by atoms with E-state index in [0.717, 1.165) is 5.39 Å². The number of hydrogen-bond donors (Lipinski definition) is 1. The SMILES string of the molecule is Cc1nc2ccccn2c1C(=O)Nc1nc(-c2cc3ccccc3oc2=O)cs1. The number of para-hydroxylation sites is 1. The second-order valence-corrected chi connectivity index (χ2v) is 7.31. The standard InChI is InChI=1S/C21H14N4O3S/c1-12-18(25-9-5-4-8-17(25)22-12)19(26)24-21-23-15(11-29-21)14-10-13-6-2-3-7-16(13)28-20(14)27/h2-11H,1H3,(H,23,24,26). The first-order valence-corrected chi connectivity index (χ1v) is 9.72. The van der Waals surface area contributed by atoms with E-state index in [1.807, 2.05) is 36.4 Å². The Morgan fingerprint density at radius 1 is 1.14 bits per heavy atom. The molecule has 0 saturated carbocycles. The zero-order chi connectivity index (χ0) is 20.0. The fraction of sp³-hybridized carbons (Fsp3) is 0.0476. The van der Waals surface area contributed by atoms with E-state index in [-0.39, 0.29) is 5.91 Å². The van der Waals surface area contributed by atoms with E-state index in [1.165, 1.54) is 11.3 Å². The van der Waals surface area contributed by atoms with E-state index in [2.05, 4.69) is 15.3 Å². The highest BCUT2D eigenvalue weighted by Crippen LogP contribution is 2.26. The van der Waals surface area contributed by atoms with Crippen LogP contribution in [0, 0.1) is 6.92 Å². The number of nitrogens with one attached hydrogen (secondary N) is 1. The Balaban J connectivity index is 1.48. The van der Waals surface area contributed by atoms with Gasteiger partial charge >= 0.3 is 5.63 Å². The summed E-state index contributed by atoms with van der Waals surface area (Å²) in [5.41, 5.74) is 2.63. The van der Waals surface area contributed by atoms with E-state index in [4.69, 9.17) is 4.42 Å². The van der Waals surface area contributed by atoms with Gasteiger partial charge in [-0.15, -0.1) is 11.3 Å². The maximum atomic E-state index is 12.8. The van der Waals surface area contributed by atoms with Gasteiger partial charge in [0.25, 0.3) is 5.91 Å². The predicted octanol–water partition coefficient (Wildman–Crippen LogP) is 4.12. The molecule has 0 unspecified atom stereocenters. The van der Waals surface area contributed by atoms with E-state index in [0.29, 0.717) is 39.0 Å². The lowest BCUT2D eigenvalue weighted by Crippen LogP contribution is -2.15. The smallest absolute Gasteiger partial charge is 0.345 e. The molecule has 0 spiro atoms. The molecular formula is C21H14N4O3S. The molecule has 5 aromatic rings. The molecule has 7 nitrogen and oxygen atoms in total. The number of imidazole rings is 1. The van der Waals surface area contributed by atoms with Gasteiger partial charge in [0.15, 0.2) is 5.13 Å². The Bertz CT molecular complexity index is 1450. The van der Waals surface area contributed by atoms with Gasteiger partial charge in [-0.25, -0.2) is 14.8 Å². The van der Waals surface area contributed by atoms with E-state index in [1.54, 1.807) is 35.0 Å². The topological polar surface area (TPSA) is 89.5 Å². The number of thiazole rings is 1. The summed E-state index contributed by atoms with van der Waals surface area (Å²) in [5, 5.41) is 5.72. The molecule has 0 saturated heterocycles. The van der Waals surface area contributed by atoms with E-state index >= 15 is 0 Å². The van der Waals surface area contributed by atoms with Crippen molar-refractivity contribution >= 4 is 39.0 Å². The zero-order valence-corrected chi connectivity index (χ0v) is 16.1. The lowest BCUT2D eigenvalue weighted by molar-refractivity contribution is 0.102. The molecule has 0 atom stereocenters. The minimum absolute atomic E-state index is 0.312. The van der Waals surface area contributed by atoms with Crippen LogP contribution in [0.15, 0.2) is 69.3 Å². The van der Waals surface area contributed by atoms with E-state index < -0.39 is 5.63 Å². The van der Waals surface area contributed by atoms with Crippen LogP contribution in [0.2, 0.25) is 0 Å². The minimum Gasteiger partial charge on any atom is -0.422 e. The fourth-order valence-electron chi connectivity index (χ4n) is 3.24. The second-order valence-electron chi connectivity index (χ2n) is 6.45. The summed E-state index contributed by atoms with van der Waals surface area (Å²) in [7, 11) is 0. The number of carbonyl (C=O) groups excluding carboxylic acids is 1. The number of pyridine rings is 1. The zero-order valence-electron chi connectivity index (χ0n) is 15.2. The van der Waals surface area contributed by atoms with Crippen LogP contribution in [0.4, 0.5) is 5.13 Å². The van der Waals surface area contributed by atoms with Gasteiger partial charge in [-0.3, -0.25) is 14.5 Å². The summed E-state index contributed by atoms with van der Waals surface area (Å²) in [4.78, 5) is 34.0. The Labute approximate surface area is 168 Å². The number of hydrogen-bond acceptors (Lipinski definition) is 6. The summed E-state index contributed by atoms with van der Waals surface area (Å²) in [6, 6.07) is 14.6. The van der Waals surface area contributed by atoms with Gasteiger partial charge < -0.3 is 4.42 Å². The lowest BCUT2D eigenvalue weighted by atomic mass is 10.1. The van der Waals surface area contributed by atoms with Gasteiger partial charge in [0.1, 0.15) is 16.9 Å². The first kappa shape index (κ1) is 17.3. The fourth-order valence-corrected chi connectivity index (χ4v) is 3.94. The Kier molecular flexibility index (Phi) is 3.99. The molecule has 0 fully saturated rings. The van der Waals surface area contributed by atoms with Crippen molar-refractivity contribution in [3.8, 4) is 11.3 Å². The summed E-state index contributed by atoms with van der Waals surface area (Å²) >= 11 is 1.24. The molecule has 142 valence electrons. The third-order valence-corrected chi connectivity index (χ3v) is 5.32. The molecule has 5 rings (SSSR count). The highest BCUT2D eigenvalue weighted by molar-refractivity contribution is 7.14. The van der Waals surface area contributed by atoms with Gasteiger partial charge in [-0.05, 0) is 31.2 Å². The number of aryl methyl sites for hydroxylation is 1. The third kappa shape index (κ3) is 2.99. The number of rotatable bonds is 3. The molecule has 0 radical (unpaired) electrons. The van der Waals surface area contributed by atoms with Crippen LogP contribution in [-0.2, 0) is 0 Å². The average molecular weight is 402 g/mol. The molecule has 4 heterocycles. The molecule has 29 heavy (non-hydrogen) atoms. The first-order valence-electron chi connectivity index (χ1n) is 8.84. The summed E-state index contributed by atoms with van der Waals surface area (Å²) in [6.45, 7) is 1.79. The number of fused-ring (bicyclic) bond motifs is 2. The summed E-state index contributed by atoms with van der Waals surface area (Å²) < 4.78 is 7.10. The Morgan fingerprint density at radius 3 is 2.86 bits per heavy atom. The van der Waals surface area contributed by atoms with Gasteiger partial charge in [0.2, 0.25) is 0 Å². The number of aromatic nitrogens is 3. The maximum absolute atomic E-state index is 12.8. The average Bonchev–Trinajstić information content (AvgIpc) is 3.30. The van der Waals surface area contributed by atoms with Gasteiger partial charge in [0, 0.05) is 17.0 Å². The van der Waals surface area contributed by atoms with E-state index in [9.17, 15) is 9.59 Å². The number of amides is 1. The van der Waals surface area contributed by atoms with Gasteiger partial charge in [-0.2, -0.15) is 0 Å². The maximum Gasteiger partial charge on any atom is 0.345 e. The molecule has 4 aromatic heterocycles. The molecule has 8 heteroatoms. The van der Waals surface area contributed by atoms with Crippen molar-refractivity contribution < 1.29 is 9.21 Å². The highest BCUT2D eigenvalue weighted by atomic mass is 32.1. The Hall–Kier alpha value is -3.78.